The first-order valence-electron chi connectivity index (χ1n) is 4.77. The molecule has 1 atom stereocenters. The number of anilines is 1. The predicted molar refractivity (Wildman–Crippen MR) is 59.8 cm³/mol. The van der Waals surface area contributed by atoms with Crippen LogP contribution in [0.25, 0.3) is 0 Å². The van der Waals surface area contributed by atoms with Gasteiger partial charge >= 0.3 is 0 Å². The van der Waals surface area contributed by atoms with Crippen molar-refractivity contribution in [3.8, 4) is 0 Å². The van der Waals surface area contributed by atoms with Gasteiger partial charge in [0.2, 0.25) is 0 Å². The fourth-order valence-electron chi connectivity index (χ4n) is 1.12. The number of nitrogens with one attached hydrogen (secondary N) is 1. The first kappa shape index (κ1) is 11.3. The van der Waals surface area contributed by atoms with E-state index in [1.165, 1.54) is 0 Å². The van der Waals surface area contributed by atoms with Crippen molar-refractivity contribution in [2.75, 3.05) is 17.9 Å². The third-order valence-electron chi connectivity index (χ3n) is 1.83. The largest absolute Gasteiger partial charge is 0.315 e. The van der Waals surface area contributed by atoms with Crippen molar-refractivity contribution in [3.05, 3.63) is 30.3 Å². The summed E-state index contributed by atoms with van der Waals surface area (Å²) in [5.74, 6) is 0. The Labute approximate surface area is 85.0 Å². The van der Waals surface area contributed by atoms with E-state index in [0.29, 0.717) is 12.8 Å². The standard InChI is InChI=1S/C10H16NO2P/c1-3-13-14(12,4-2)11-10-8-6-5-7-9-10/h5-9H,3-4H2,1-2H3,(H,11,12). The molecule has 4 heteroatoms. The highest BCUT2D eigenvalue weighted by atomic mass is 31.2. The number of benzene rings is 1. The van der Waals surface area contributed by atoms with Gasteiger partial charge in [0.25, 0.3) is 7.52 Å². The summed E-state index contributed by atoms with van der Waals surface area (Å²) in [5.41, 5.74) is 0.839. The topological polar surface area (TPSA) is 38.3 Å². The van der Waals surface area contributed by atoms with Crippen molar-refractivity contribution in [1.29, 1.82) is 0 Å². The van der Waals surface area contributed by atoms with E-state index in [2.05, 4.69) is 5.09 Å². The summed E-state index contributed by atoms with van der Waals surface area (Å²) < 4.78 is 17.2. The van der Waals surface area contributed by atoms with E-state index in [4.69, 9.17) is 4.52 Å². The highest BCUT2D eigenvalue weighted by molar-refractivity contribution is 7.60. The lowest BCUT2D eigenvalue weighted by atomic mass is 10.3. The van der Waals surface area contributed by atoms with Gasteiger partial charge in [-0.25, -0.2) is 0 Å². The lowest BCUT2D eigenvalue weighted by Gasteiger charge is -2.17. The molecule has 0 aliphatic rings. The Morgan fingerprint density at radius 3 is 2.43 bits per heavy atom. The molecule has 0 amide bonds. The highest BCUT2D eigenvalue weighted by Gasteiger charge is 2.18. The van der Waals surface area contributed by atoms with Crippen LogP contribution < -0.4 is 5.09 Å². The third kappa shape index (κ3) is 3.17. The van der Waals surface area contributed by atoms with Crippen molar-refractivity contribution in [2.45, 2.75) is 13.8 Å². The van der Waals surface area contributed by atoms with Crippen LogP contribution in [0.5, 0.6) is 0 Å². The van der Waals surface area contributed by atoms with Gasteiger partial charge in [0, 0.05) is 11.8 Å². The van der Waals surface area contributed by atoms with Gasteiger partial charge in [-0.1, -0.05) is 25.1 Å². The average molecular weight is 213 g/mol. The van der Waals surface area contributed by atoms with E-state index >= 15 is 0 Å². The summed E-state index contributed by atoms with van der Waals surface area (Å²) >= 11 is 0. The molecule has 0 aromatic heterocycles. The van der Waals surface area contributed by atoms with E-state index in [9.17, 15) is 4.57 Å². The molecule has 0 heterocycles. The molecule has 0 aliphatic heterocycles. The normalized spacial score (nSPS) is 14.7. The molecule has 1 unspecified atom stereocenters. The fraction of sp³-hybridized carbons (Fsp3) is 0.400. The molecule has 1 aromatic rings. The van der Waals surface area contributed by atoms with E-state index < -0.39 is 7.52 Å². The average Bonchev–Trinajstić information content (AvgIpc) is 2.20. The third-order valence-corrected chi connectivity index (χ3v) is 3.93. The smallest absolute Gasteiger partial charge is 0.293 e. The minimum atomic E-state index is -2.67. The van der Waals surface area contributed by atoms with Crippen LogP contribution in [0.2, 0.25) is 0 Å². The Bertz CT molecular complexity index is 313. The quantitative estimate of drug-likeness (QED) is 0.762. The summed E-state index contributed by atoms with van der Waals surface area (Å²) in [6.45, 7) is 4.16. The van der Waals surface area contributed by atoms with E-state index in [0.717, 1.165) is 5.69 Å². The summed E-state index contributed by atoms with van der Waals surface area (Å²) in [6.07, 6.45) is 0.496. The molecule has 1 aromatic carbocycles. The second kappa shape index (κ2) is 5.18. The fourth-order valence-corrected chi connectivity index (χ4v) is 2.49. The van der Waals surface area contributed by atoms with E-state index in [-0.39, 0.29) is 0 Å². The van der Waals surface area contributed by atoms with E-state index in [1.807, 2.05) is 44.2 Å². The minimum Gasteiger partial charge on any atom is -0.315 e. The van der Waals surface area contributed by atoms with Gasteiger partial charge < -0.3 is 9.61 Å². The Balaban J connectivity index is 2.71. The Morgan fingerprint density at radius 2 is 1.93 bits per heavy atom. The lowest BCUT2D eigenvalue weighted by molar-refractivity contribution is 0.338. The van der Waals surface area contributed by atoms with Gasteiger partial charge in [-0.2, -0.15) is 0 Å². The zero-order valence-corrected chi connectivity index (χ0v) is 9.46. The van der Waals surface area contributed by atoms with E-state index in [1.54, 1.807) is 0 Å². The number of hydrogen-bond donors (Lipinski definition) is 1. The van der Waals surface area contributed by atoms with Gasteiger partial charge in [-0.3, -0.25) is 4.57 Å². The molecule has 0 bridgehead atoms. The van der Waals surface area contributed by atoms with Crippen LogP contribution >= 0.6 is 7.52 Å². The number of rotatable bonds is 5. The maximum absolute atomic E-state index is 12.0. The molecule has 14 heavy (non-hydrogen) atoms. The number of para-hydroxylation sites is 1. The van der Waals surface area contributed by atoms with Crippen LogP contribution in [0.1, 0.15) is 13.8 Å². The summed E-state index contributed by atoms with van der Waals surface area (Å²) in [5, 5.41) is 2.94. The molecule has 0 fully saturated rings. The highest BCUT2D eigenvalue weighted by Crippen LogP contribution is 2.45. The van der Waals surface area contributed by atoms with Crippen LogP contribution in [-0.2, 0) is 9.09 Å². The molecule has 1 N–H and O–H groups in total. The van der Waals surface area contributed by atoms with Crippen molar-refractivity contribution >= 4 is 13.2 Å². The van der Waals surface area contributed by atoms with Crippen molar-refractivity contribution in [1.82, 2.24) is 0 Å². The minimum absolute atomic E-state index is 0.463. The molecule has 1 rings (SSSR count). The SMILES string of the molecule is CCOP(=O)(CC)Nc1ccccc1. The summed E-state index contributed by atoms with van der Waals surface area (Å²) in [6, 6.07) is 9.47. The molecular weight excluding hydrogens is 197 g/mol. The van der Waals surface area contributed by atoms with Gasteiger partial charge in [0.15, 0.2) is 0 Å². The molecule has 0 saturated heterocycles. The Kier molecular flexibility index (Phi) is 4.18. The van der Waals surface area contributed by atoms with Crippen molar-refractivity contribution in [2.24, 2.45) is 0 Å². The van der Waals surface area contributed by atoms with Gasteiger partial charge in [-0.05, 0) is 19.1 Å². The molecule has 3 nitrogen and oxygen atoms in total. The van der Waals surface area contributed by atoms with Crippen molar-refractivity contribution in [3.63, 3.8) is 0 Å². The second-order valence-corrected chi connectivity index (χ2v) is 5.35. The molecule has 0 radical (unpaired) electrons. The van der Waals surface area contributed by atoms with Gasteiger partial charge in [0.1, 0.15) is 0 Å². The van der Waals surface area contributed by atoms with Crippen LogP contribution in [0.3, 0.4) is 0 Å². The van der Waals surface area contributed by atoms with Gasteiger partial charge in [-0.15, -0.1) is 0 Å². The maximum atomic E-state index is 12.0. The lowest BCUT2D eigenvalue weighted by Crippen LogP contribution is -2.03. The van der Waals surface area contributed by atoms with Gasteiger partial charge in [0.05, 0.1) is 6.61 Å². The second-order valence-electron chi connectivity index (χ2n) is 2.89. The molecule has 0 aliphatic carbocycles. The van der Waals surface area contributed by atoms with Crippen LogP contribution in [0.4, 0.5) is 5.69 Å². The van der Waals surface area contributed by atoms with Crippen LogP contribution in [-0.4, -0.2) is 12.8 Å². The van der Waals surface area contributed by atoms with Crippen LogP contribution in [0.15, 0.2) is 30.3 Å². The monoisotopic (exact) mass is 213 g/mol. The zero-order chi connectivity index (χ0) is 10.4. The first-order chi connectivity index (χ1) is 6.70. The zero-order valence-electron chi connectivity index (χ0n) is 8.56. The predicted octanol–water partition coefficient (Wildman–Crippen LogP) is 3.35. The first-order valence-corrected chi connectivity index (χ1v) is 6.58. The van der Waals surface area contributed by atoms with Crippen molar-refractivity contribution < 1.29 is 9.09 Å². The maximum Gasteiger partial charge on any atom is 0.293 e. The summed E-state index contributed by atoms with van der Waals surface area (Å²) in [4.78, 5) is 0. The molecule has 0 spiro atoms. The summed E-state index contributed by atoms with van der Waals surface area (Å²) in [7, 11) is -2.67. The van der Waals surface area contributed by atoms with Crippen LogP contribution in [0, 0.1) is 0 Å². The Hall–Kier alpha value is -0.790. The molecule has 78 valence electrons. The Morgan fingerprint density at radius 1 is 1.29 bits per heavy atom. The molecule has 0 saturated carbocycles. The number of hydrogen-bond acceptors (Lipinski definition) is 2. The molecular formula is C10H16NO2P.